The molecular weight excluding hydrogens is 236 g/mol. The van der Waals surface area contributed by atoms with E-state index in [-0.39, 0.29) is 5.56 Å². The SMILES string of the molecule is CC(F)(F)c1cccc(Oc2ccc(N)cc2)c1. The normalized spacial score (nSPS) is 11.3. The molecule has 2 rings (SSSR count). The van der Waals surface area contributed by atoms with Crippen LogP contribution in [-0.4, -0.2) is 0 Å². The highest BCUT2D eigenvalue weighted by molar-refractivity contribution is 5.43. The van der Waals surface area contributed by atoms with E-state index in [0.29, 0.717) is 17.2 Å². The third kappa shape index (κ3) is 2.97. The number of rotatable bonds is 3. The second-order valence-corrected chi connectivity index (χ2v) is 4.09. The zero-order valence-electron chi connectivity index (χ0n) is 9.86. The molecule has 0 saturated carbocycles. The summed E-state index contributed by atoms with van der Waals surface area (Å²) in [6.07, 6.45) is 0. The van der Waals surface area contributed by atoms with E-state index in [1.54, 1.807) is 36.4 Å². The summed E-state index contributed by atoms with van der Waals surface area (Å²) in [6, 6.07) is 12.6. The van der Waals surface area contributed by atoms with Gasteiger partial charge in [0.2, 0.25) is 0 Å². The first-order chi connectivity index (χ1) is 8.45. The summed E-state index contributed by atoms with van der Waals surface area (Å²) >= 11 is 0. The Morgan fingerprint density at radius 2 is 1.67 bits per heavy atom. The van der Waals surface area contributed by atoms with E-state index in [4.69, 9.17) is 10.5 Å². The van der Waals surface area contributed by atoms with Crippen LogP contribution in [0.3, 0.4) is 0 Å². The topological polar surface area (TPSA) is 35.2 Å². The van der Waals surface area contributed by atoms with E-state index in [0.717, 1.165) is 6.92 Å². The number of hydrogen-bond acceptors (Lipinski definition) is 2. The molecule has 0 unspecified atom stereocenters. The minimum Gasteiger partial charge on any atom is -0.457 e. The molecule has 0 aliphatic heterocycles. The lowest BCUT2D eigenvalue weighted by molar-refractivity contribution is 0.0173. The lowest BCUT2D eigenvalue weighted by Crippen LogP contribution is -2.06. The Kier molecular flexibility index (Phi) is 3.19. The molecule has 2 aromatic carbocycles. The molecule has 0 heterocycles. The summed E-state index contributed by atoms with van der Waals surface area (Å²) in [6.45, 7) is 0.856. The van der Waals surface area contributed by atoms with E-state index in [2.05, 4.69) is 0 Å². The number of benzene rings is 2. The summed E-state index contributed by atoms with van der Waals surface area (Å²) < 4.78 is 31.8. The van der Waals surface area contributed by atoms with Gasteiger partial charge in [-0.3, -0.25) is 0 Å². The molecule has 0 aliphatic rings. The van der Waals surface area contributed by atoms with Crippen LogP contribution in [-0.2, 0) is 5.92 Å². The Bertz CT molecular complexity index is 532. The van der Waals surface area contributed by atoms with Crippen molar-refractivity contribution in [1.29, 1.82) is 0 Å². The average molecular weight is 249 g/mol. The van der Waals surface area contributed by atoms with Crippen molar-refractivity contribution in [3.05, 3.63) is 54.1 Å². The predicted octanol–water partition coefficient (Wildman–Crippen LogP) is 4.17. The van der Waals surface area contributed by atoms with Crippen LogP contribution in [0.2, 0.25) is 0 Å². The van der Waals surface area contributed by atoms with Gasteiger partial charge in [-0.25, -0.2) is 8.78 Å². The number of hydrogen-bond donors (Lipinski definition) is 1. The Morgan fingerprint density at radius 3 is 2.28 bits per heavy atom. The van der Waals surface area contributed by atoms with Gasteiger partial charge in [-0.15, -0.1) is 0 Å². The molecule has 0 amide bonds. The highest BCUT2D eigenvalue weighted by Gasteiger charge is 2.24. The molecule has 2 nitrogen and oxygen atoms in total. The van der Waals surface area contributed by atoms with Crippen molar-refractivity contribution >= 4 is 5.69 Å². The molecule has 0 atom stereocenters. The number of anilines is 1. The fourth-order valence-corrected chi connectivity index (χ4v) is 1.50. The smallest absolute Gasteiger partial charge is 0.270 e. The van der Waals surface area contributed by atoms with E-state index in [1.165, 1.54) is 12.1 Å². The van der Waals surface area contributed by atoms with E-state index < -0.39 is 5.92 Å². The average Bonchev–Trinajstić information content (AvgIpc) is 2.31. The van der Waals surface area contributed by atoms with Crippen LogP contribution in [0.4, 0.5) is 14.5 Å². The van der Waals surface area contributed by atoms with Gasteiger partial charge >= 0.3 is 0 Å². The van der Waals surface area contributed by atoms with Crippen LogP contribution < -0.4 is 10.5 Å². The fraction of sp³-hybridized carbons (Fsp3) is 0.143. The van der Waals surface area contributed by atoms with E-state index in [9.17, 15) is 8.78 Å². The summed E-state index contributed by atoms with van der Waals surface area (Å²) in [4.78, 5) is 0. The molecule has 0 saturated heterocycles. The Balaban J connectivity index is 2.22. The molecule has 0 spiro atoms. The highest BCUT2D eigenvalue weighted by Crippen LogP contribution is 2.31. The second kappa shape index (κ2) is 4.64. The number of alkyl halides is 2. The minimum absolute atomic E-state index is 0.0737. The van der Waals surface area contributed by atoms with Gasteiger partial charge in [-0.1, -0.05) is 12.1 Å². The quantitative estimate of drug-likeness (QED) is 0.828. The monoisotopic (exact) mass is 249 g/mol. The second-order valence-electron chi connectivity index (χ2n) is 4.09. The van der Waals surface area contributed by atoms with Gasteiger partial charge in [0.15, 0.2) is 0 Å². The first-order valence-electron chi connectivity index (χ1n) is 5.47. The lowest BCUT2D eigenvalue weighted by Gasteiger charge is -2.12. The van der Waals surface area contributed by atoms with Gasteiger partial charge in [0, 0.05) is 18.2 Å². The molecule has 18 heavy (non-hydrogen) atoms. The van der Waals surface area contributed by atoms with Crippen LogP contribution >= 0.6 is 0 Å². The third-order valence-electron chi connectivity index (χ3n) is 2.46. The van der Waals surface area contributed by atoms with Crippen LogP contribution in [0, 0.1) is 0 Å². The molecular formula is C14H13F2NO. The van der Waals surface area contributed by atoms with E-state index >= 15 is 0 Å². The van der Waals surface area contributed by atoms with Crippen LogP contribution in [0.25, 0.3) is 0 Å². The largest absolute Gasteiger partial charge is 0.457 e. The third-order valence-corrected chi connectivity index (χ3v) is 2.46. The maximum Gasteiger partial charge on any atom is 0.270 e. The van der Waals surface area contributed by atoms with Crippen molar-refractivity contribution < 1.29 is 13.5 Å². The van der Waals surface area contributed by atoms with Crippen molar-refractivity contribution in [2.24, 2.45) is 0 Å². The molecule has 94 valence electrons. The zero-order valence-corrected chi connectivity index (χ0v) is 9.86. The zero-order chi connectivity index (χ0) is 13.2. The Hall–Kier alpha value is -2.10. The van der Waals surface area contributed by atoms with E-state index in [1.807, 2.05) is 0 Å². The summed E-state index contributed by atoms with van der Waals surface area (Å²) in [5.41, 5.74) is 6.09. The molecule has 2 N–H and O–H groups in total. The van der Waals surface area contributed by atoms with Gasteiger partial charge in [-0.2, -0.15) is 0 Å². The number of nitrogen functional groups attached to an aromatic ring is 1. The van der Waals surface area contributed by atoms with Crippen LogP contribution in [0.15, 0.2) is 48.5 Å². The van der Waals surface area contributed by atoms with Crippen molar-refractivity contribution in [2.45, 2.75) is 12.8 Å². The van der Waals surface area contributed by atoms with Gasteiger partial charge in [-0.05, 0) is 36.4 Å². The molecule has 0 radical (unpaired) electrons. The van der Waals surface area contributed by atoms with Gasteiger partial charge < -0.3 is 10.5 Å². The first-order valence-corrected chi connectivity index (χ1v) is 5.47. The summed E-state index contributed by atoms with van der Waals surface area (Å²) in [5.74, 6) is -1.94. The van der Waals surface area contributed by atoms with Crippen molar-refractivity contribution in [2.75, 3.05) is 5.73 Å². The summed E-state index contributed by atoms with van der Waals surface area (Å²) in [5, 5.41) is 0. The number of nitrogens with two attached hydrogens (primary N) is 1. The first kappa shape index (κ1) is 12.4. The van der Waals surface area contributed by atoms with Crippen molar-refractivity contribution in [3.63, 3.8) is 0 Å². The maximum atomic E-state index is 13.2. The molecule has 0 bridgehead atoms. The molecule has 2 aromatic rings. The summed E-state index contributed by atoms with van der Waals surface area (Å²) in [7, 11) is 0. The predicted molar refractivity (Wildman–Crippen MR) is 66.9 cm³/mol. The number of ether oxygens (including phenoxy) is 1. The fourth-order valence-electron chi connectivity index (χ4n) is 1.50. The van der Waals surface area contributed by atoms with Crippen molar-refractivity contribution in [1.82, 2.24) is 0 Å². The van der Waals surface area contributed by atoms with Crippen LogP contribution in [0.5, 0.6) is 11.5 Å². The molecule has 0 aliphatic carbocycles. The Morgan fingerprint density at radius 1 is 1.00 bits per heavy atom. The van der Waals surface area contributed by atoms with Gasteiger partial charge in [0.1, 0.15) is 11.5 Å². The van der Waals surface area contributed by atoms with Gasteiger partial charge in [0.05, 0.1) is 0 Å². The molecule has 4 heteroatoms. The lowest BCUT2D eigenvalue weighted by atomic mass is 10.1. The minimum atomic E-state index is -2.87. The molecule has 0 fully saturated rings. The number of halogens is 2. The van der Waals surface area contributed by atoms with Gasteiger partial charge in [0.25, 0.3) is 5.92 Å². The van der Waals surface area contributed by atoms with Crippen molar-refractivity contribution in [3.8, 4) is 11.5 Å². The highest BCUT2D eigenvalue weighted by atomic mass is 19.3. The standard InChI is InChI=1S/C14H13F2NO/c1-14(15,16)10-3-2-4-13(9-10)18-12-7-5-11(17)6-8-12/h2-9H,17H2,1H3. The molecule has 0 aromatic heterocycles. The van der Waals surface area contributed by atoms with Crippen LogP contribution in [0.1, 0.15) is 12.5 Å². The Labute approximate surface area is 104 Å². The maximum absolute atomic E-state index is 13.2.